The molecule has 10 heteroatoms. The largest absolute Gasteiger partial charge is 0.472 e. The minimum absolute atomic E-state index is 0.0312. The van der Waals surface area contributed by atoms with Gasteiger partial charge in [0, 0.05) is 12.8 Å². The second kappa shape index (κ2) is 46.2. The van der Waals surface area contributed by atoms with Gasteiger partial charge in [0.15, 0.2) is 0 Å². The molecule has 1 amide bonds. The molecule has 0 aliphatic carbocycles. The van der Waals surface area contributed by atoms with Crippen LogP contribution >= 0.6 is 7.82 Å². The van der Waals surface area contributed by atoms with Gasteiger partial charge in [-0.2, -0.15) is 0 Å². The highest BCUT2D eigenvalue weighted by atomic mass is 31.2. The molecule has 3 atom stereocenters. The minimum atomic E-state index is -4.45. The Bertz CT molecular complexity index is 1370. The fourth-order valence-corrected chi connectivity index (χ4v) is 7.97. The van der Waals surface area contributed by atoms with Gasteiger partial charge < -0.3 is 19.4 Å². The first-order chi connectivity index (χ1) is 31.9. The number of unbranched alkanes of at least 4 members (excludes halogenated alkanes) is 22. The van der Waals surface area contributed by atoms with Gasteiger partial charge in [0.25, 0.3) is 0 Å². The second-order valence-electron chi connectivity index (χ2n) is 19.0. The number of carbonyl (C=O) groups is 2. The van der Waals surface area contributed by atoms with Crippen LogP contribution in [-0.2, 0) is 27.9 Å². The Morgan fingerprint density at radius 3 is 1.58 bits per heavy atom. The lowest BCUT2D eigenvalue weighted by molar-refractivity contribution is -0.870. The predicted octanol–water partition coefficient (Wildman–Crippen LogP) is 15.7. The highest BCUT2D eigenvalue weighted by Gasteiger charge is 2.30. The first kappa shape index (κ1) is 63.5. The van der Waals surface area contributed by atoms with Crippen LogP contribution in [0.3, 0.4) is 0 Å². The van der Waals surface area contributed by atoms with Crippen LogP contribution in [0.5, 0.6) is 0 Å². The number of nitrogens with zero attached hydrogens (tertiary/aromatic N) is 1. The van der Waals surface area contributed by atoms with E-state index in [1.807, 2.05) is 33.3 Å². The average molecular weight is 946 g/mol. The molecule has 0 radical (unpaired) electrons. The van der Waals surface area contributed by atoms with Crippen LogP contribution < -0.4 is 5.32 Å². The summed E-state index contributed by atoms with van der Waals surface area (Å²) in [4.78, 5) is 37.4. The Hall–Kier alpha value is -2.55. The van der Waals surface area contributed by atoms with Gasteiger partial charge in [-0.05, 0) is 89.5 Å². The topological polar surface area (TPSA) is 111 Å². The third-order valence-corrected chi connectivity index (χ3v) is 12.4. The summed E-state index contributed by atoms with van der Waals surface area (Å²) in [5.41, 5.74) is 0. The molecular formula is C56H102N2O7P+. The molecule has 0 fully saturated rings. The molecule has 0 aromatic heterocycles. The first-order valence-electron chi connectivity index (χ1n) is 26.8. The average Bonchev–Trinajstić information content (AvgIpc) is 3.27. The minimum Gasteiger partial charge on any atom is -0.456 e. The number of rotatable bonds is 47. The number of amides is 1. The monoisotopic (exact) mass is 946 g/mol. The zero-order valence-corrected chi connectivity index (χ0v) is 44.3. The zero-order valence-electron chi connectivity index (χ0n) is 43.4. The Morgan fingerprint density at radius 1 is 0.561 bits per heavy atom. The number of quaternary nitrogens is 1. The van der Waals surface area contributed by atoms with Gasteiger partial charge in [-0.15, -0.1) is 0 Å². The summed E-state index contributed by atoms with van der Waals surface area (Å²) in [7, 11) is 1.46. The molecule has 0 aliphatic heterocycles. The van der Waals surface area contributed by atoms with E-state index in [1.54, 1.807) is 0 Å². The summed E-state index contributed by atoms with van der Waals surface area (Å²) in [5, 5.41) is 3.02. The van der Waals surface area contributed by atoms with E-state index in [-0.39, 0.29) is 31.5 Å². The van der Waals surface area contributed by atoms with Gasteiger partial charge in [0.1, 0.15) is 19.3 Å². The maximum Gasteiger partial charge on any atom is 0.472 e. The number of phosphoric acid groups is 1. The number of phosphoric ester groups is 1. The van der Waals surface area contributed by atoms with Crippen molar-refractivity contribution in [3.8, 4) is 0 Å². The van der Waals surface area contributed by atoms with Gasteiger partial charge in [-0.25, -0.2) is 4.57 Å². The molecule has 0 aliphatic rings. The Morgan fingerprint density at radius 2 is 1.02 bits per heavy atom. The highest BCUT2D eigenvalue weighted by molar-refractivity contribution is 7.47. The Kier molecular flexibility index (Phi) is 44.4. The van der Waals surface area contributed by atoms with Crippen molar-refractivity contribution in [1.82, 2.24) is 5.32 Å². The summed E-state index contributed by atoms with van der Waals surface area (Å²) >= 11 is 0. The standard InChI is InChI=1S/C56H101N2O7P/c1-7-10-13-16-19-22-25-27-29-30-33-36-39-42-45-48-55(59)57-53(52-64-66(61,62)63-51-50-58(4,5)6)54(47-44-41-38-35-32-24-21-18-15-12-9-3)65-56(60)49-46-43-40-37-34-31-28-26-23-20-17-14-11-8-2/h11,14,19-20,22-23,25,27-28,31,44,47,53-54H,7-10,12-13,15-18,21,24,26,29-30,32-43,45-46,48-52H2,1-6H3,(H-,57,59,61,62)/p+1/b14-11+,22-19+,23-20+,27-25+,31-28+,47-44+. The van der Waals surface area contributed by atoms with E-state index in [0.29, 0.717) is 23.9 Å². The van der Waals surface area contributed by atoms with Crippen molar-refractivity contribution in [2.75, 3.05) is 40.9 Å². The van der Waals surface area contributed by atoms with Gasteiger partial charge in [-0.3, -0.25) is 18.6 Å². The summed E-state index contributed by atoms with van der Waals surface area (Å²) in [6.45, 7) is 6.82. The smallest absolute Gasteiger partial charge is 0.456 e. The van der Waals surface area contributed by atoms with Crippen molar-refractivity contribution in [2.45, 2.75) is 232 Å². The molecule has 2 N–H and O–H groups in total. The van der Waals surface area contributed by atoms with E-state index in [9.17, 15) is 19.0 Å². The fourth-order valence-electron chi connectivity index (χ4n) is 7.24. The van der Waals surface area contributed by atoms with Crippen LogP contribution in [0.4, 0.5) is 0 Å². The molecule has 0 aromatic rings. The van der Waals surface area contributed by atoms with E-state index in [1.165, 1.54) is 70.6 Å². The second-order valence-corrected chi connectivity index (χ2v) is 20.5. The number of esters is 1. The number of carbonyl (C=O) groups excluding carboxylic acids is 2. The van der Waals surface area contributed by atoms with Gasteiger partial charge in [-0.1, -0.05) is 190 Å². The number of ether oxygens (including phenoxy) is 1. The number of likely N-dealkylation sites (N-methyl/N-ethyl adjacent to an activating group) is 1. The highest BCUT2D eigenvalue weighted by Crippen LogP contribution is 2.43. The molecule has 0 heterocycles. The fraction of sp³-hybridized carbons (Fsp3) is 0.750. The van der Waals surface area contributed by atoms with Crippen molar-refractivity contribution in [3.05, 3.63) is 72.9 Å². The van der Waals surface area contributed by atoms with Crippen LogP contribution in [0.1, 0.15) is 220 Å². The summed E-state index contributed by atoms with van der Waals surface area (Å²) in [5.74, 6) is -0.550. The van der Waals surface area contributed by atoms with Crippen molar-refractivity contribution >= 4 is 19.7 Å². The van der Waals surface area contributed by atoms with Gasteiger partial charge in [0.2, 0.25) is 5.91 Å². The molecule has 66 heavy (non-hydrogen) atoms. The lowest BCUT2D eigenvalue weighted by Gasteiger charge is -2.27. The quantitative estimate of drug-likeness (QED) is 0.0156. The maximum absolute atomic E-state index is 13.4. The molecule has 0 aromatic carbocycles. The molecule has 9 nitrogen and oxygen atoms in total. The molecular weight excluding hydrogens is 844 g/mol. The van der Waals surface area contributed by atoms with E-state index in [2.05, 4.69) is 86.8 Å². The van der Waals surface area contributed by atoms with Crippen molar-refractivity contribution in [3.63, 3.8) is 0 Å². The van der Waals surface area contributed by atoms with Crippen molar-refractivity contribution < 1.29 is 37.3 Å². The SMILES string of the molecule is CC/C=C/C/C=C/C/C=C/CCCCCCC(=O)OC(/C=C/CCCCCCCCCCC)C(COP(=O)(O)OCC[N+](C)(C)C)NC(=O)CCCCCCCC/C=C/C=C/CCCCC. The van der Waals surface area contributed by atoms with Crippen LogP contribution in [0.25, 0.3) is 0 Å². The molecule has 382 valence electrons. The molecule has 0 saturated carbocycles. The van der Waals surface area contributed by atoms with Gasteiger partial charge >= 0.3 is 13.8 Å². The number of hydrogen-bond donors (Lipinski definition) is 2. The molecule has 3 unspecified atom stereocenters. The zero-order chi connectivity index (χ0) is 48.7. The van der Waals surface area contributed by atoms with Crippen LogP contribution in [-0.4, -0.2) is 74.3 Å². The summed E-state index contributed by atoms with van der Waals surface area (Å²) in [6, 6.07) is -0.864. The Balaban J connectivity index is 5.45. The normalized spacial score (nSPS) is 14.5. The summed E-state index contributed by atoms with van der Waals surface area (Å²) < 4.78 is 30.5. The molecule has 0 spiro atoms. The molecule has 0 rings (SSSR count). The van der Waals surface area contributed by atoms with Crippen LogP contribution in [0.15, 0.2) is 72.9 Å². The van der Waals surface area contributed by atoms with E-state index >= 15 is 0 Å². The van der Waals surface area contributed by atoms with Crippen molar-refractivity contribution in [2.24, 2.45) is 0 Å². The van der Waals surface area contributed by atoms with E-state index < -0.39 is 20.0 Å². The first-order valence-corrected chi connectivity index (χ1v) is 28.3. The van der Waals surface area contributed by atoms with Gasteiger partial charge in [0.05, 0.1) is 33.8 Å². The van der Waals surface area contributed by atoms with Crippen molar-refractivity contribution in [1.29, 1.82) is 0 Å². The lowest BCUT2D eigenvalue weighted by atomic mass is 10.1. The Labute approximate surface area is 406 Å². The number of hydrogen-bond acceptors (Lipinski definition) is 6. The van der Waals surface area contributed by atoms with Crippen LogP contribution in [0, 0.1) is 0 Å². The van der Waals surface area contributed by atoms with E-state index in [4.69, 9.17) is 13.8 Å². The third-order valence-electron chi connectivity index (χ3n) is 11.4. The predicted molar refractivity (Wildman–Crippen MR) is 281 cm³/mol. The van der Waals surface area contributed by atoms with E-state index in [0.717, 1.165) is 109 Å². The molecule has 0 bridgehead atoms. The maximum atomic E-state index is 13.4. The number of allylic oxidation sites excluding steroid dienone is 11. The third kappa shape index (κ3) is 46.6. The molecule has 0 saturated heterocycles. The summed E-state index contributed by atoms with van der Waals surface area (Å²) in [6.07, 6.45) is 57.5. The number of nitrogens with one attached hydrogen (secondary N) is 1. The van der Waals surface area contributed by atoms with Crippen LogP contribution in [0.2, 0.25) is 0 Å². The lowest BCUT2D eigenvalue weighted by Crippen LogP contribution is -2.47.